The van der Waals surface area contributed by atoms with Crippen molar-refractivity contribution < 1.29 is 5.11 Å². The molecule has 0 spiro atoms. The fourth-order valence-corrected chi connectivity index (χ4v) is 1.65. The van der Waals surface area contributed by atoms with Crippen LogP contribution in [0.4, 0.5) is 0 Å². The van der Waals surface area contributed by atoms with E-state index in [4.69, 9.17) is 6.42 Å². The van der Waals surface area contributed by atoms with E-state index in [9.17, 15) is 5.11 Å². The van der Waals surface area contributed by atoms with Crippen LogP contribution in [0.3, 0.4) is 0 Å². The lowest BCUT2D eigenvalue weighted by Gasteiger charge is -2.10. The van der Waals surface area contributed by atoms with E-state index in [2.05, 4.69) is 5.92 Å². The van der Waals surface area contributed by atoms with E-state index in [1.807, 2.05) is 19.1 Å². The van der Waals surface area contributed by atoms with Gasteiger partial charge < -0.3 is 5.11 Å². The van der Waals surface area contributed by atoms with Crippen molar-refractivity contribution in [3.05, 3.63) is 29.3 Å². The fraction of sp³-hybridized carbons (Fsp3) is 0.333. The largest absolute Gasteiger partial charge is 0.508 e. The summed E-state index contributed by atoms with van der Waals surface area (Å²) < 4.78 is 0. The maximum atomic E-state index is 9.65. The van der Waals surface area contributed by atoms with Crippen molar-refractivity contribution in [3.8, 4) is 18.1 Å². The van der Waals surface area contributed by atoms with Crippen LogP contribution in [0, 0.1) is 19.3 Å². The molecule has 2 rings (SSSR count). The van der Waals surface area contributed by atoms with E-state index in [0.29, 0.717) is 5.75 Å². The summed E-state index contributed by atoms with van der Waals surface area (Å²) in [5.41, 5.74) is 1.92. The molecule has 0 atom stereocenters. The first kappa shape index (κ1) is 8.19. The number of hydrogen-bond acceptors (Lipinski definition) is 1. The van der Waals surface area contributed by atoms with Crippen LogP contribution in [0.2, 0.25) is 0 Å². The second kappa shape index (κ2) is 2.53. The van der Waals surface area contributed by atoms with Gasteiger partial charge in [0.1, 0.15) is 5.75 Å². The number of rotatable bonds is 1. The SMILES string of the molecule is C#CC1(c2cc(C)ccc2O)CC1. The minimum absolute atomic E-state index is 0.157. The number of terminal acetylenes is 1. The van der Waals surface area contributed by atoms with Crippen LogP contribution in [0.15, 0.2) is 18.2 Å². The molecule has 1 heteroatoms. The van der Waals surface area contributed by atoms with Gasteiger partial charge in [-0.25, -0.2) is 0 Å². The molecule has 0 aromatic heterocycles. The molecule has 1 nitrogen and oxygen atoms in total. The lowest BCUT2D eigenvalue weighted by molar-refractivity contribution is 0.465. The number of aryl methyl sites for hydroxylation is 1. The molecule has 1 fully saturated rings. The average Bonchev–Trinajstić information content (AvgIpc) is 2.90. The first-order chi connectivity index (χ1) is 6.18. The zero-order chi connectivity index (χ0) is 9.47. The molecule has 13 heavy (non-hydrogen) atoms. The van der Waals surface area contributed by atoms with Crippen molar-refractivity contribution in [3.63, 3.8) is 0 Å². The molecule has 0 unspecified atom stereocenters. The Kier molecular flexibility index (Phi) is 1.60. The highest BCUT2D eigenvalue weighted by atomic mass is 16.3. The van der Waals surface area contributed by atoms with Crippen LogP contribution in [-0.4, -0.2) is 5.11 Å². The van der Waals surface area contributed by atoms with Crippen LogP contribution in [0.25, 0.3) is 0 Å². The van der Waals surface area contributed by atoms with Gasteiger partial charge in [-0.05, 0) is 25.8 Å². The Bertz CT molecular complexity index is 381. The third kappa shape index (κ3) is 1.19. The van der Waals surface area contributed by atoms with E-state index in [0.717, 1.165) is 24.0 Å². The topological polar surface area (TPSA) is 20.2 Å². The highest BCUT2D eigenvalue weighted by Crippen LogP contribution is 2.50. The van der Waals surface area contributed by atoms with Crippen molar-refractivity contribution >= 4 is 0 Å². The lowest BCUT2D eigenvalue weighted by atomic mass is 9.94. The first-order valence-electron chi connectivity index (χ1n) is 4.46. The van der Waals surface area contributed by atoms with Gasteiger partial charge in [0.2, 0.25) is 0 Å². The van der Waals surface area contributed by atoms with Crippen LogP contribution < -0.4 is 0 Å². The summed E-state index contributed by atoms with van der Waals surface area (Å²) in [4.78, 5) is 0. The van der Waals surface area contributed by atoms with Gasteiger partial charge in [-0.3, -0.25) is 0 Å². The van der Waals surface area contributed by atoms with Gasteiger partial charge in [-0.2, -0.15) is 0 Å². The molecule has 0 bridgehead atoms. The van der Waals surface area contributed by atoms with Gasteiger partial charge in [-0.15, -0.1) is 6.42 Å². The van der Waals surface area contributed by atoms with Gasteiger partial charge in [0.25, 0.3) is 0 Å². The van der Waals surface area contributed by atoms with Crippen LogP contribution in [-0.2, 0) is 5.41 Å². The van der Waals surface area contributed by atoms with E-state index in [1.54, 1.807) is 6.07 Å². The molecule has 66 valence electrons. The summed E-state index contributed by atoms with van der Waals surface area (Å²) in [7, 11) is 0. The number of hydrogen-bond donors (Lipinski definition) is 1. The summed E-state index contributed by atoms with van der Waals surface area (Å²) in [5, 5.41) is 9.65. The van der Waals surface area contributed by atoms with Gasteiger partial charge in [0, 0.05) is 5.56 Å². The van der Waals surface area contributed by atoms with Crippen LogP contribution in [0.5, 0.6) is 5.75 Å². The average molecular weight is 172 g/mol. The first-order valence-corrected chi connectivity index (χ1v) is 4.46. The lowest BCUT2D eigenvalue weighted by Crippen LogP contribution is -2.02. The van der Waals surface area contributed by atoms with Gasteiger partial charge in [0.15, 0.2) is 0 Å². The maximum Gasteiger partial charge on any atom is 0.120 e. The molecule has 0 heterocycles. The second-order valence-corrected chi connectivity index (χ2v) is 3.75. The zero-order valence-electron chi connectivity index (χ0n) is 7.67. The molecule has 1 aliphatic rings. The Morgan fingerprint density at radius 2 is 2.15 bits per heavy atom. The third-order valence-corrected chi connectivity index (χ3v) is 2.69. The van der Waals surface area contributed by atoms with E-state index in [-0.39, 0.29) is 5.41 Å². The molecule has 1 aromatic carbocycles. The minimum Gasteiger partial charge on any atom is -0.508 e. The molecule has 0 aliphatic heterocycles. The standard InChI is InChI=1S/C12H12O/c1-3-12(6-7-12)10-8-9(2)4-5-11(10)13/h1,4-5,8,13H,6-7H2,2H3. The Morgan fingerprint density at radius 1 is 1.46 bits per heavy atom. The van der Waals surface area contributed by atoms with Gasteiger partial charge >= 0.3 is 0 Å². The third-order valence-electron chi connectivity index (χ3n) is 2.69. The van der Waals surface area contributed by atoms with E-state index < -0.39 is 0 Å². The molecule has 0 saturated heterocycles. The highest BCUT2D eigenvalue weighted by Gasteiger charge is 2.44. The Balaban J connectivity index is 2.52. The highest BCUT2D eigenvalue weighted by molar-refractivity contribution is 5.49. The monoisotopic (exact) mass is 172 g/mol. The molecule has 1 aliphatic carbocycles. The summed E-state index contributed by atoms with van der Waals surface area (Å²) in [6.07, 6.45) is 7.46. The Hall–Kier alpha value is -1.42. The molecular formula is C12H12O. The molecule has 1 aromatic rings. The zero-order valence-corrected chi connectivity index (χ0v) is 7.67. The molecule has 1 N–H and O–H groups in total. The fourth-order valence-electron chi connectivity index (χ4n) is 1.65. The summed E-state index contributed by atoms with van der Waals surface area (Å²) >= 11 is 0. The molecular weight excluding hydrogens is 160 g/mol. The van der Waals surface area contributed by atoms with Crippen LogP contribution >= 0.6 is 0 Å². The minimum atomic E-state index is -0.157. The van der Waals surface area contributed by atoms with E-state index in [1.165, 1.54) is 0 Å². The number of aromatic hydroxyl groups is 1. The van der Waals surface area contributed by atoms with Gasteiger partial charge in [-0.1, -0.05) is 23.6 Å². The van der Waals surface area contributed by atoms with Crippen molar-refractivity contribution in [2.75, 3.05) is 0 Å². The summed E-state index contributed by atoms with van der Waals surface area (Å²) in [5.74, 6) is 3.11. The second-order valence-electron chi connectivity index (χ2n) is 3.75. The quantitative estimate of drug-likeness (QED) is 0.645. The Morgan fingerprint density at radius 3 is 2.69 bits per heavy atom. The Labute approximate surface area is 78.4 Å². The predicted molar refractivity (Wildman–Crippen MR) is 52.6 cm³/mol. The maximum absolute atomic E-state index is 9.65. The van der Waals surface area contributed by atoms with Crippen molar-refractivity contribution in [2.45, 2.75) is 25.2 Å². The predicted octanol–water partition coefficient (Wildman–Crippen LogP) is 2.37. The van der Waals surface area contributed by atoms with Crippen molar-refractivity contribution in [2.24, 2.45) is 0 Å². The molecule has 1 saturated carbocycles. The normalized spacial score (nSPS) is 17.8. The molecule has 0 amide bonds. The summed E-state index contributed by atoms with van der Waals surface area (Å²) in [6.45, 7) is 2.01. The number of phenolic OH excluding ortho intramolecular Hbond substituents is 1. The van der Waals surface area contributed by atoms with Gasteiger partial charge in [0.05, 0.1) is 5.41 Å². The van der Waals surface area contributed by atoms with E-state index >= 15 is 0 Å². The van der Waals surface area contributed by atoms with Crippen molar-refractivity contribution in [1.82, 2.24) is 0 Å². The summed E-state index contributed by atoms with van der Waals surface area (Å²) in [6, 6.07) is 5.61. The number of phenols is 1. The smallest absolute Gasteiger partial charge is 0.120 e. The molecule has 0 radical (unpaired) electrons. The number of benzene rings is 1. The van der Waals surface area contributed by atoms with Crippen LogP contribution in [0.1, 0.15) is 24.0 Å². The van der Waals surface area contributed by atoms with Crippen molar-refractivity contribution in [1.29, 1.82) is 0 Å².